The van der Waals surface area contributed by atoms with E-state index in [1.54, 1.807) is 26.2 Å². The first-order chi connectivity index (χ1) is 7.74. The highest BCUT2D eigenvalue weighted by molar-refractivity contribution is 5.68. The van der Waals surface area contributed by atoms with E-state index >= 15 is 0 Å². The Morgan fingerprint density at radius 2 is 1.88 bits per heavy atom. The summed E-state index contributed by atoms with van der Waals surface area (Å²) in [4.78, 5) is 11.7. The monoisotopic (exact) mass is 217 g/mol. The molecule has 0 saturated carbocycles. The first-order valence-corrected chi connectivity index (χ1v) is 4.73. The van der Waals surface area contributed by atoms with Crippen LogP contribution in [-0.2, 0) is 0 Å². The van der Waals surface area contributed by atoms with Gasteiger partial charge in [0.15, 0.2) is 5.82 Å². The highest BCUT2D eigenvalue weighted by Gasteiger charge is 2.12. The second kappa shape index (κ2) is 4.14. The molecular weight excluding hydrogens is 206 g/mol. The van der Waals surface area contributed by atoms with Crippen LogP contribution in [0.4, 0.5) is 0 Å². The highest BCUT2D eigenvalue weighted by atomic mass is 16.5. The lowest BCUT2D eigenvalue weighted by molar-refractivity contribution is 0.403. The average Bonchev–Trinajstić information content (AvgIpc) is 2.34. The van der Waals surface area contributed by atoms with Gasteiger partial charge in [0.1, 0.15) is 24.2 Å². The fraction of sp³-hybridized carbons (Fsp3) is 0.182. The average molecular weight is 217 g/mol. The molecule has 0 aliphatic carbocycles. The first-order valence-electron chi connectivity index (χ1n) is 4.73. The summed E-state index contributed by atoms with van der Waals surface area (Å²) in [6.45, 7) is 1.78. The van der Waals surface area contributed by atoms with Crippen LogP contribution in [0.15, 0.2) is 24.8 Å². The third kappa shape index (κ3) is 1.67. The van der Waals surface area contributed by atoms with E-state index in [0.717, 1.165) is 0 Å². The summed E-state index contributed by atoms with van der Waals surface area (Å²) >= 11 is 0. The lowest BCUT2D eigenvalue weighted by Crippen LogP contribution is -1.93. The minimum atomic E-state index is 0.130. The van der Waals surface area contributed by atoms with Crippen LogP contribution in [-0.4, -0.2) is 27.2 Å². The second-order valence-electron chi connectivity index (χ2n) is 3.25. The molecule has 1 N–H and O–H groups in total. The van der Waals surface area contributed by atoms with Gasteiger partial charge in [0.25, 0.3) is 0 Å². The fourth-order valence-corrected chi connectivity index (χ4v) is 1.46. The summed E-state index contributed by atoms with van der Waals surface area (Å²) < 4.78 is 5.10. The van der Waals surface area contributed by atoms with Gasteiger partial charge in [-0.1, -0.05) is 0 Å². The van der Waals surface area contributed by atoms with E-state index in [9.17, 15) is 5.11 Å². The minimum Gasteiger partial charge on any atom is -0.507 e. The Bertz CT molecular complexity index is 500. The third-order valence-electron chi connectivity index (χ3n) is 2.34. The molecule has 0 unspecified atom stereocenters. The number of hydrogen-bond acceptors (Lipinski definition) is 5. The van der Waals surface area contributed by atoms with Gasteiger partial charge in [0.05, 0.1) is 12.7 Å². The molecule has 0 fully saturated rings. The topological polar surface area (TPSA) is 68.1 Å². The molecule has 5 heteroatoms. The van der Waals surface area contributed by atoms with Crippen LogP contribution < -0.4 is 4.74 Å². The minimum absolute atomic E-state index is 0.130. The Balaban J connectivity index is 2.56. The zero-order chi connectivity index (χ0) is 11.5. The molecule has 0 radical (unpaired) electrons. The van der Waals surface area contributed by atoms with Crippen molar-refractivity contribution in [3.63, 3.8) is 0 Å². The van der Waals surface area contributed by atoms with Gasteiger partial charge < -0.3 is 9.84 Å². The van der Waals surface area contributed by atoms with Gasteiger partial charge in [-0.25, -0.2) is 15.0 Å². The fourth-order valence-electron chi connectivity index (χ4n) is 1.46. The molecule has 16 heavy (non-hydrogen) atoms. The number of aromatic hydroxyl groups is 1. The van der Waals surface area contributed by atoms with E-state index in [-0.39, 0.29) is 5.75 Å². The standard InChI is InChI=1S/C11H11N3O2/c1-7-9(16-2)4-3-8(10(7)15)11-13-5-12-6-14-11/h3-6,15H,1-2H3. The van der Waals surface area contributed by atoms with Crippen molar-refractivity contribution in [1.82, 2.24) is 15.0 Å². The zero-order valence-corrected chi connectivity index (χ0v) is 9.01. The SMILES string of the molecule is COc1ccc(-c2ncncn2)c(O)c1C. The Labute approximate surface area is 92.8 Å². The van der Waals surface area contributed by atoms with Crippen LogP contribution in [0.25, 0.3) is 11.4 Å². The Morgan fingerprint density at radius 3 is 2.50 bits per heavy atom. The first kappa shape index (κ1) is 10.4. The number of methoxy groups -OCH3 is 1. The van der Waals surface area contributed by atoms with Crippen LogP contribution in [0.3, 0.4) is 0 Å². The number of nitrogens with zero attached hydrogens (tertiary/aromatic N) is 3. The maximum absolute atomic E-state index is 9.98. The van der Waals surface area contributed by atoms with Crippen LogP contribution in [0.2, 0.25) is 0 Å². The summed E-state index contributed by atoms with van der Waals surface area (Å²) in [5.74, 6) is 1.21. The number of benzene rings is 1. The number of rotatable bonds is 2. The molecule has 1 heterocycles. The summed E-state index contributed by atoms with van der Waals surface area (Å²) in [6, 6.07) is 3.49. The quantitative estimate of drug-likeness (QED) is 0.826. The van der Waals surface area contributed by atoms with E-state index in [4.69, 9.17) is 4.74 Å². The summed E-state index contributed by atoms with van der Waals surface area (Å²) in [5.41, 5.74) is 1.24. The lowest BCUT2D eigenvalue weighted by atomic mass is 10.1. The Hall–Kier alpha value is -2.17. The van der Waals surface area contributed by atoms with Crippen LogP contribution >= 0.6 is 0 Å². The summed E-state index contributed by atoms with van der Waals surface area (Å²) in [6.07, 6.45) is 2.78. The molecule has 2 aromatic rings. The number of aromatic nitrogens is 3. The summed E-state index contributed by atoms with van der Waals surface area (Å²) in [5, 5.41) is 9.98. The molecule has 5 nitrogen and oxygen atoms in total. The molecule has 0 atom stereocenters. The molecule has 1 aromatic heterocycles. The van der Waals surface area contributed by atoms with E-state index in [0.29, 0.717) is 22.7 Å². The van der Waals surface area contributed by atoms with E-state index in [2.05, 4.69) is 15.0 Å². The van der Waals surface area contributed by atoms with E-state index < -0.39 is 0 Å². The van der Waals surface area contributed by atoms with Crippen LogP contribution in [0, 0.1) is 6.92 Å². The number of ether oxygens (including phenoxy) is 1. The molecular formula is C11H11N3O2. The van der Waals surface area contributed by atoms with Gasteiger partial charge in [0.2, 0.25) is 0 Å². The van der Waals surface area contributed by atoms with Crippen molar-refractivity contribution in [2.75, 3.05) is 7.11 Å². The number of hydrogen-bond donors (Lipinski definition) is 1. The van der Waals surface area contributed by atoms with Crippen molar-refractivity contribution in [3.8, 4) is 22.9 Å². The van der Waals surface area contributed by atoms with E-state index in [1.165, 1.54) is 12.7 Å². The van der Waals surface area contributed by atoms with Crippen molar-refractivity contribution in [3.05, 3.63) is 30.4 Å². The highest BCUT2D eigenvalue weighted by Crippen LogP contribution is 2.34. The molecule has 0 amide bonds. The Morgan fingerprint density at radius 1 is 1.19 bits per heavy atom. The lowest BCUT2D eigenvalue weighted by Gasteiger charge is -2.09. The Kier molecular flexibility index (Phi) is 2.68. The largest absolute Gasteiger partial charge is 0.507 e. The second-order valence-corrected chi connectivity index (χ2v) is 3.25. The van der Waals surface area contributed by atoms with Crippen LogP contribution in [0.1, 0.15) is 5.56 Å². The van der Waals surface area contributed by atoms with Crippen molar-refractivity contribution >= 4 is 0 Å². The smallest absolute Gasteiger partial charge is 0.166 e. The third-order valence-corrected chi connectivity index (χ3v) is 2.34. The van der Waals surface area contributed by atoms with Crippen LogP contribution in [0.5, 0.6) is 11.5 Å². The van der Waals surface area contributed by atoms with Crippen molar-refractivity contribution in [1.29, 1.82) is 0 Å². The molecule has 0 bridgehead atoms. The van der Waals surface area contributed by atoms with Crippen molar-refractivity contribution < 1.29 is 9.84 Å². The van der Waals surface area contributed by atoms with E-state index in [1.807, 2.05) is 0 Å². The number of phenolic OH excluding ortho intramolecular Hbond substituents is 1. The predicted molar refractivity (Wildman–Crippen MR) is 58.2 cm³/mol. The predicted octanol–water partition coefficient (Wildman–Crippen LogP) is 1.56. The summed E-state index contributed by atoms with van der Waals surface area (Å²) in [7, 11) is 1.56. The van der Waals surface area contributed by atoms with Gasteiger partial charge in [-0.15, -0.1) is 0 Å². The van der Waals surface area contributed by atoms with Gasteiger partial charge in [0, 0.05) is 5.56 Å². The molecule has 2 rings (SSSR count). The van der Waals surface area contributed by atoms with Crippen molar-refractivity contribution in [2.45, 2.75) is 6.92 Å². The maximum Gasteiger partial charge on any atom is 0.166 e. The zero-order valence-electron chi connectivity index (χ0n) is 9.01. The van der Waals surface area contributed by atoms with Gasteiger partial charge >= 0.3 is 0 Å². The molecule has 0 saturated heterocycles. The molecule has 0 spiro atoms. The number of phenols is 1. The molecule has 1 aromatic carbocycles. The molecule has 82 valence electrons. The molecule has 0 aliphatic heterocycles. The van der Waals surface area contributed by atoms with Gasteiger partial charge in [-0.3, -0.25) is 0 Å². The van der Waals surface area contributed by atoms with Gasteiger partial charge in [-0.05, 0) is 19.1 Å². The maximum atomic E-state index is 9.98. The van der Waals surface area contributed by atoms with Crippen molar-refractivity contribution in [2.24, 2.45) is 0 Å². The normalized spacial score (nSPS) is 10.1. The van der Waals surface area contributed by atoms with Gasteiger partial charge in [-0.2, -0.15) is 0 Å². The molecule has 0 aliphatic rings.